The molecule has 0 aliphatic carbocycles. The monoisotopic (exact) mass is 193 g/mol. The van der Waals surface area contributed by atoms with Crippen molar-refractivity contribution in [1.29, 1.82) is 0 Å². The van der Waals surface area contributed by atoms with Crippen LogP contribution in [-0.2, 0) is 4.74 Å². The van der Waals surface area contributed by atoms with E-state index in [2.05, 4.69) is 5.32 Å². The molecular weight excluding hydrogens is 176 g/mol. The van der Waals surface area contributed by atoms with Gasteiger partial charge in [0.2, 0.25) is 0 Å². The van der Waals surface area contributed by atoms with Crippen LogP contribution < -0.4 is 5.32 Å². The van der Waals surface area contributed by atoms with Crippen LogP contribution in [0.1, 0.15) is 25.7 Å². The Morgan fingerprint density at radius 1 is 1.46 bits per heavy atom. The standard InChI is InChI=1S/C9H17F2NO/c1-12-7-9(10,11)6-8-4-2-3-5-13-8/h8,12H,2-7H2,1H3. The molecule has 1 aliphatic rings. The van der Waals surface area contributed by atoms with E-state index in [0.717, 1.165) is 19.3 Å². The first-order valence-corrected chi connectivity index (χ1v) is 4.78. The quantitative estimate of drug-likeness (QED) is 0.735. The Kier molecular flexibility index (Phi) is 4.06. The van der Waals surface area contributed by atoms with Gasteiger partial charge in [0, 0.05) is 13.0 Å². The van der Waals surface area contributed by atoms with Crippen molar-refractivity contribution in [1.82, 2.24) is 5.32 Å². The molecule has 1 N–H and O–H groups in total. The number of ether oxygens (including phenoxy) is 1. The maximum absolute atomic E-state index is 13.1. The summed E-state index contributed by atoms with van der Waals surface area (Å²) in [6, 6.07) is 0. The maximum Gasteiger partial charge on any atom is 0.262 e. The normalized spacial score (nSPS) is 24.7. The number of alkyl halides is 2. The average molecular weight is 193 g/mol. The van der Waals surface area contributed by atoms with Gasteiger partial charge in [-0.15, -0.1) is 0 Å². The van der Waals surface area contributed by atoms with Crippen molar-refractivity contribution in [3.63, 3.8) is 0 Å². The zero-order valence-corrected chi connectivity index (χ0v) is 7.98. The number of hydrogen-bond acceptors (Lipinski definition) is 2. The largest absolute Gasteiger partial charge is 0.378 e. The van der Waals surface area contributed by atoms with Gasteiger partial charge in [0.25, 0.3) is 5.92 Å². The summed E-state index contributed by atoms with van der Waals surface area (Å²) in [5.74, 6) is -2.63. The van der Waals surface area contributed by atoms with E-state index in [1.165, 1.54) is 7.05 Å². The number of nitrogens with one attached hydrogen (secondary N) is 1. The van der Waals surface area contributed by atoms with Crippen LogP contribution in [0.3, 0.4) is 0 Å². The second-order valence-electron chi connectivity index (χ2n) is 3.58. The lowest BCUT2D eigenvalue weighted by molar-refractivity contribution is -0.0763. The number of hydrogen-bond donors (Lipinski definition) is 1. The van der Waals surface area contributed by atoms with Crippen molar-refractivity contribution in [2.45, 2.75) is 37.7 Å². The molecule has 4 heteroatoms. The lowest BCUT2D eigenvalue weighted by atomic mass is 10.0. The van der Waals surface area contributed by atoms with Crippen LogP contribution >= 0.6 is 0 Å². The minimum atomic E-state index is -2.63. The van der Waals surface area contributed by atoms with E-state index in [4.69, 9.17) is 4.74 Å². The molecule has 1 aliphatic heterocycles. The molecule has 1 fully saturated rings. The van der Waals surface area contributed by atoms with Crippen molar-refractivity contribution in [2.75, 3.05) is 20.2 Å². The Labute approximate surface area is 77.6 Å². The SMILES string of the molecule is CNCC(F)(F)CC1CCCCO1. The predicted octanol–water partition coefficient (Wildman–Crippen LogP) is 1.80. The van der Waals surface area contributed by atoms with E-state index >= 15 is 0 Å². The van der Waals surface area contributed by atoms with E-state index in [9.17, 15) is 8.78 Å². The van der Waals surface area contributed by atoms with Crippen LogP contribution in [0.2, 0.25) is 0 Å². The van der Waals surface area contributed by atoms with Crippen molar-refractivity contribution in [3.8, 4) is 0 Å². The van der Waals surface area contributed by atoms with Gasteiger partial charge >= 0.3 is 0 Å². The zero-order valence-electron chi connectivity index (χ0n) is 7.98. The molecule has 0 spiro atoms. The highest BCUT2D eigenvalue weighted by Gasteiger charge is 2.32. The highest BCUT2D eigenvalue weighted by Crippen LogP contribution is 2.25. The fourth-order valence-electron chi connectivity index (χ4n) is 1.63. The van der Waals surface area contributed by atoms with Gasteiger partial charge in [0.05, 0.1) is 12.6 Å². The van der Waals surface area contributed by atoms with Crippen LogP contribution in [0.5, 0.6) is 0 Å². The van der Waals surface area contributed by atoms with Crippen LogP contribution in [0.4, 0.5) is 8.78 Å². The van der Waals surface area contributed by atoms with Crippen LogP contribution in [-0.4, -0.2) is 32.2 Å². The van der Waals surface area contributed by atoms with E-state index < -0.39 is 5.92 Å². The molecule has 0 saturated carbocycles. The molecule has 13 heavy (non-hydrogen) atoms. The second kappa shape index (κ2) is 4.86. The summed E-state index contributed by atoms with van der Waals surface area (Å²) >= 11 is 0. The van der Waals surface area contributed by atoms with Crippen molar-refractivity contribution >= 4 is 0 Å². The summed E-state index contributed by atoms with van der Waals surface area (Å²) in [6.45, 7) is 0.382. The fourth-order valence-corrected chi connectivity index (χ4v) is 1.63. The Hall–Kier alpha value is -0.220. The summed E-state index contributed by atoms with van der Waals surface area (Å²) in [5.41, 5.74) is 0. The van der Waals surface area contributed by atoms with E-state index in [0.29, 0.717) is 6.61 Å². The van der Waals surface area contributed by atoms with Gasteiger partial charge in [-0.1, -0.05) is 0 Å². The number of halogens is 2. The second-order valence-corrected chi connectivity index (χ2v) is 3.58. The van der Waals surface area contributed by atoms with Gasteiger partial charge in [-0.25, -0.2) is 8.78 Å². The third kappa shape index (κ3) is 4.00. The smallest absolute Gasteiger partial charge is 0.262 e. The summed E-state index contributed by atoms with van der Waals surface area (Å²) in [5, 5.41) is 2.49. The third-order valence-corrected chi connectivity index (χ3v) is 2.24. The van der Waals surface area contributed by atoms with Crippen molar-refractivity contribution in [3.05, 3.63) is 0 Å². The minimum absolute atomic E-state index is 0.145. The van der Waals surface area contributed by atoms with Gasteiger partial charge in [-0.2, -0.15) is 0 Å². The molecule has 0 aromatic rings. The number of rotatable bonds is 4. The van der Waals surface area contributed by atoms with Gasteiger partial charge in [0.15, 0.2) is 0 Å². The Bertz CT molecular complexity index is 147. The molecule has 1 rings (SSSR count). The van der Waals surface area contributed by atoms with Crippen LogP contribution in [0.15, 0.2) is 0 Å². The molecule has 0 radical (unpaired) electrons. The molecule has 0 amide bonds. The van der Waals surface area contributed by atoms with Gasteiger partial charge in [-0.05, 0) is 26.3 Å². The minimum Gasteiger partial charge on any atom is -0.378 e. The summed E-state index contributed by atoms with van der Waals surface area (Å²) < 4.78 is 31.4. The lowest BCUT2D eigenvalue weighted by Crippen LogP contribution is -2.36. The molecule has 1 atom stereocenters. The molecule has 1 unspecified atom stereocenters. The zero-order chi connectivity index (χ0) is 9.73. The van der Waals surface area contributed by atoms with Gasteiger partial charge in [-0.3, -0.25) is 0 Å². The van der Waals surface area contributed by atoms with Crippen LogP contribution in [0, 0.1) is 0 Å². The molecule has 78 valence electrons. The molecule has 1 heterocycles. The highest BCUT2D eigenvalue weighted by molar-refractivity contribution is 4.75. The Morgan fingerprint density at radius 3 is 2.77 bits per heavy atom. The first-order valence-electron chi connectivity index (χ1n) is 4.78. The van der Waals surface area contributed by atoms with E-state index in [1.807, 2.05) is 0 Å². The molecule has 1 saturated heterocycles. The van der Waals surface area contributed by atoms with Crippen molar-refractivity contribution < 1.29 is 13.5 Å². The van der Waals surface area contributed by atoms with Gasteiger partial charge < -0.3 is 10.1 Å². The fraction of sp³-hybridized carbons (Fsp3) is 1.00. The molecular formula is C9H17F2NO. The summed E-state index contributed by atoms with van der Waals surface area (Å²) in [4.78, 5) is 0. The summed E-state index contributed by atoms with van der Waals surface area (Å²) in [6.07, 6.45) is 2.42. The predicted molar refractivity (Wildman–Crippen MR) is 47.1 cm³/mol. The van der Waals surface area contributed by atoms with Crippen molar-refractivity contribution in [2.24, 2.45) is 0 Å². The first-order chi connectivity index (χ1) is 6.14. The van der Waals surface area contributed by atoms with Gasteiger partial charge in [0.1, 0.15) is 0 Å². The Morgan fingerprint density at radius 2 is 2.23 bits per heavy atom. The summed E-state index contributed by atoms with van der Waals surface area (Å²) in [7, 11) is 1.54. The molecule has 0 aromatic heterocycles. The molecule has 2 nitrogen and oxygen atoms in total. The van der Waals surface area contributed by atoms with E-state index in [1.54, 1.807) is 0 Å². The van der Waals surface area contributed by atoms with Crippen LogP contribution in [0.25, 0.3) is 0 Å². The highest BCUT2D eigenvalue weighted by atomic mass is 19.3. The van der Waals surface area contributed by atoms with E-state index in [-0.39, 0.29) is 19.1 Å². The third-order valence-electron chi connectivity index (χ3n) is 2.24. The Balaban J connectivity index is 2.28. The maximum atomic E-state index is 13.1. The first kappa shape index (κ1) is 10.9. The lowest BCUT2D eigenvalue weighted by Gasteiger charge is -2.26. The molecule has 0 aromatic carbocycles. The average Bonchev–Trinajstić information content (AvgIpc) is 2.04. The molecule has 0 bridgehead atoms. The topological polar surface area (TPSA) is 21.3 Å².